The van der Waals surface area contributed by atoms with E-state index in [4.69, 9.17) is 5.11 Å². The van der Waals surface area contributed by atoms with Gasteiger partial charge in [0.1, 0.15) is 0 Å². The normalized spacial score (nSPS) is 13.7. The fourth-order valence-corrected chi connectivity index (χ4v) is 2.32. The van der Waals surface area contributed by atoms with E-state index in [0.717, 1.165) is 44.9 Å². The summed E-state index contributed by atoms with van der Waals surface area (Å²) in [6, 6.07) is 0. The molecule has 2 N–H and O–H groups in total. The first-order chi connectivity index (χ1) is 12.2. The summed E-state index contributed by atoms with van der Waals surface area (Å²) in [6.07, 6.45) is 26.5. The van der Waals surface area contributed by atoms with Gasteiger partial charge in [-0.15, -0.1) is 0 Å². The Hall–Kier alpha value is -1.61. The van der Waals surface area contributed by atoms with Crippen molar-refractivity contribution in [3.8, 4) is 0 Å². The Morgan fingerprint density at radius 2 is 1.48 bits per heavy atom. The van der Waals surface area contributed by atoms with E-state index in [-0.39, 0.29) is 6.10 Å². The zero-order valence-electron chi connectivity index (χ0n) is 15.8. The van der Waals surface area contributed by atoms with Gasteiger partial charge in [0.25, 0.3) is 0 Å². The molecule has 0 amide bonds. The van der Waals surface area contributed by atoms with Gasteiger partial charge in [-0.05, 0) is 57.8 Å². The van der Waals surface area contributed by atoms with E-state index < -0.39 is 5.97 Å². The molecule has 0 heterocycles. The van der Waals surface area contributed by atoms with Gasteiger partial charge in [-0.1, -0.05) is 62.0 Å². The fourth-order valence-electron chi connectivity index (χ4n) is 2.32. The number of carbonyl (C=O) groups is 1. The lowest BCUT2D eigenvalue weighted by molar-refractivity contribution is -0.137. The van der Waals surface area contributed by atoms with E-state index >= 15 is 0 Å². The van der Waals surface area contributed by atoms with Crippen LogP contribution in [0, 0.1) is 0 Å². The highest BCUT2D eigenvalue weighted by Gasteiger charge is 1.95. The zero-order valence-corrected chi connectivity index (χ0v) is 15.8. The molecule has 0 aliphatic rings. The van der Waals surface area contributed by atoms with Crippen LogP contribution in [0.5, 0.6) is 0 Å². The number of aliphatic carboxylic acids is 1. The van der Waals surface area contributed by atoms with Crippen molar-refractivity contribution in [1.29, 1.82) is 0 Å². The predicted molar refractivity (Wildman–Crippen MR) is 107 cm³/mol. The van der Waals surface area contributed by atoms with Crippen LogP contribution in [-0.4, -0.2) is 22.3 Å². The number of carboxylic acids is 1. The molecule has 0 aliphatic heterocycles. The molecule has 0 aliphatic carbocycles. The number of aliphatic hydroxyl groups excluding tert-OH is 1. The summed E-state index contributed by atoms with van der Waals surface area (Å²) in [6.45, 7) is 2.09. The van der Waals surface area contributed by atoms with Crippen molar-refractivity contribution < 1.29 is 15.0 Å². The second-order valence-electron chi connectivity index (χ2n) is 6.24. The zero-order chi connectivity index (χ0) is 18.6. The molecule has 3 nitrogen and oxygen atoms in total. The standard InChI is InChI=1S/C22H36O3/c1-2-3-15-18-21(23)19-16-13-11-9-7-5-4-6-8-10-12-14-17-20-22(24)25/h3,6,8,11,13,15-16,19,21,23H,2,4-5,7,9-10,12,14,17-18,20H2,1H3,(H,24,25)/b8-6-,13-11-,15-3-,19-16+. The summed E-state index contributed by atoms with van der Waals surface area (Å²) in [5, 5.41) is 18.2. The summed E-state index contributed by atoms with van der Waals surface area (Å²) >= 11 is 0. The highest BCUT2D eigenvalue weighted by molar-refractivity contribution is 5.66. The van der Waals surface area contributed by atoms with Crippen LogP contribution in [0.15, 0.2) is 48.6 Å². The lowest BCUT2D eigenvalue weighted by Gasteiger charge is -1.98. The van der Waals surface area contributed by atoms with Gasteiger partial charge in [0.05, 0.1) is 6.10 Å². The quantitative estimate of drug-likeness (QED) is 0.205. The first-order valence-electron chi connectivity index (χ1n) is 9.70. The van der Waals surface area contributed by atoms with Crippen molar-refractivity contribution in [3.63, 3.8) is 0 Å². The van der Waals surface area contributed by atoms with E-state index in [1.54, 1.807) is 0 Å². The largest absolute Gasteiger partial charge is 0.481 e. The molecule has 0 bridgehead atoms. The van der Waals surface area contributed by atoms with E-state index in [2.05, 4.69) is 31.2 Å². The molecule has 1 unspecified atom stereocenters. The molecule has 0 saturated heterocycles. The number of unbranched alkanes of at least 4 members (excludes halogenated alkanes) is 6. The minimum atomic E-state index is -0.694. The monoisotopic (exact) mass is 348 g/mol. The molecule has 0 aromatic heterocycles. The third kappa shape index (κ3) is 20.3. The topological polar surface area (TPSA) is 57.5 Å². The Labute approximate surface area is 153 Å². The second-order valence-corrected chi connectivity index (χ2v) is 6.24. The summed E-state index contributed by atoms with van der Waals surface area (Å²) in [7, 11) is 0. The molecule has 0 spiro atoms. The van der Waals surface area contributed by atoms with Crippen molar-refractivity contribution in [3.05, 3.63) is 48.6 Å². The predicted octanol–water partition coefficient (Wildman–Crippen LogP) is 5.97. The summed E-state index contributed by atoms with van der Waals surface area (Å²) in [5.41, 5.74) is 0. The van der Waals surface area contributed by atoms with Gasteiger partial charge < -0.3 is 10.2 Å². The molecule has 0 saturated carbocycles. The van der Waals surface area contributed by atoms with E-state index in [1.807, 2.05) is 24.3 Å². The van der Waals surface area contributed by atoms with Gasteiger partial charge >= 0.3 is 5.97 Å². The van der Waals surface area contributed by atoms with Crippen molar-refractivity contribution in [2.24, 2.45) is 0 Å². The Morgan fingerprint density at radius 3 is 2.12 bits per heavy atom. The van der Waals surface area contributed by atoms with E-state index in [0.29, 0.717) is 12.8 Å². The first-order valence-corrected chi connectivity index (χ1v) is 9.70. The maximum absolute atomic E-state index is 10.4. The van der Waals surface area contributed by atoms with Crippen LogP contribution in [-0.2, 0) is 4.79 Å². The molecular formula is C22H36O3. The summed E-state index contributed by atoms with van der Waals surface area (Å²) in [4.78, 5) is 10.4. The van der Waals surface area contributed by atoms with Crippen LogP contribution in [0.4, 0.5) is 0 Å². The molecule has 0 radical (unpaired) electrons. The molecule has 1 atom stereocenters. The second kappa shape index (κ2) is 18.7. The summed E-state index contributed by atoms with van der Waals surface area (Å²) in [5.74, 6) is -0.694. The highest BCUT2D eigenvalue weighted by atomic mass is 16.4. The van der Waals surface area contributed by atoms with Gasteiger partial charge in [0.15, 0.2) is 0 Å². The number of aliphatic hydroxyl groups is 1. The number of carboxylic acid groups (broad SMARTS) is 1. The van der Waals surface area contributed by atoms with Gasteiger partial charge in [-0.3, -0.25) is 4.79 Å². The van der Waals surface area contributed by atoms with Crippen LogP contribution >= 0.6 is 0 Å². The van der Waals surface area contributed by atoms with Crippen molar-refractivity contribution >= 4 is 5.97 Å². The Bertz CT molecular complexity index is 419. The number of hydrogen-bond acceptors (Lipinski definition) is 2. The van der Waals surface area contributed by atoms with Crippen LogP contribution in [0.1, 0.15) is 77.6 Å². The highest BCUT2D eigenvalue weighted by Crippen LogP contribution is 2.06. The molecule has 25 heavy (non-hydrogen) atoms. The number of hydrogen-bond donors (Lipinski definition) is 2. The Morgan fingerprint density at radius 1 is 0.840 bits per heavy atom. The maximum Gasteiger partial charge on any atom is 0.303 e. The van der Waals surface area contributed by atoms with Crippen LogP contribution < -0.4 is 0 Å². The van der Waals surface area contributed by atoms with Crippen LogP contribution in [0.2, 0.25) is 0 Å². The first kappa shape index (κ1) is 23.4. The van der Waals surface area contributed by atoms with Crippen molar-refractivity contribution in [2.45, 2.75) is 83.7 Å². The van der Waals surface area contributed by atoms with Gasteiger partial charge in [0.2, 0.25) is 0 Å². The van der Waals surface area contributed by atoms with Crippen LogP contribution in [0.3, 0.4) is 0 Å². The van der Waals surface area contributed by atoms with Gasteiger partial charge in [0, 0.05) is 6.42 Å². The van der Waals surface area contributed by atoms with E-state index in [1.165, 1.54) is 12.8 Å². The molecule has 0 aromatic carbocycles. The van der Waals surface area contributed by atoms with Crippen molar-refractivity contribution in [1.82, 2.24) is 0 Å². The molecule has 0 rings (SSSR count). The minimum absolute atomic E-state index is 0.293. The Kier molecular flexibility index (Phi) is 17.5. The molecule has 0 fully saturated rings. The van der Waals surface area contributed by atoms with Crippen LogP contribution in [0.25, 0.3) is 0 Å². The molecule has 142 valence electrons. The maximum atomic E-state index is 10.4. The number of allylic oxidation sites excluding steroid dienone is 6. The van der Waals surface area contributed by atoms with E-state index in [9.17, 15) is 9.90 Å². The third-order valence-corrected chi connectivity index (χ3v) is 3.78. The SMILES string of the molecule is CC/C=C\CC(O)/C=C/C=C\CCCC/C=C\CCCCCC(=O)O. The molecular weight excluding hydrogens is 312 g/mol. The number of rotatable bonds is 16. The molecule has 3 heteroatoms. The molecule has 0 aromatic rings. The summed E-state index contributed by atoms with van der Waals surface area (Å²) < 4.78 is 0. The lowest BCUT2D eigenvalue weighted by atomic mass is 10.1. The van der Waals surface area contributed by atoms with Gasteiger partial charge in [-0.2, -0.15) is 0 Å². The smallest absolute Gasteiger partial charge is 0.303 e. The average molecular weight is 349 g/mol. The van der Waals surface area contributed by atoms with Crippen molar-refractivity contribution in [2.75, 3.05) is 0 Å². The Balaban J connectivity index is 3.43. The lowest BCUT2D eigenvalue weighted by Crippen LogP contribution is -1.98. The minimum Gasteiger partial charge on any atom is -0.481 e. The third-order valence-electron chi connectivity index (χ3n) is 3.78. The van der Waals surface area contributed by atoms with Gasteiger partial charge in [-0.25, -0.2) is 0 Å². The average Bonchev–Trinajstić information content (AvgIpc) is 2.58. The fraction of sp³-hybridized carbons (Fsp3) is 0.591.